The third-order valence-corrected chi connectivity index (χ3v) is 4.74. The van der Waals surface area contributed by atoms with Crippen molar-refractivity contribution >= 4 is 0 Å². The van der Waals surface area contributed by atoms with Crippen molar-refractivity contribution in [2.75, 3.05) is 13.1 Å². The molecule has 1 aliphatic heterocycles. The van der Waals surface area contributed by atoms with Crippen LogP contribution in [-0.4, -0.2) is 37.9 Å². The fourth-order valence-electron chi connectivity index (χ4n) is 3.48. The van der Waals surface area contributed by atoms with Gasteiger partial charge in [0.05, 0.1) is 11.4 Å². The number of rotatable bonds is 4. The molecule has 6 nitrogen and oxygen atoms in total. The molecular weight excluding hydrogens is 326 g/mol. The molecule has 6 heteroatoms. The van der Waals surface area contributed by atoms with Gasteiger partial charge in [0.2, 0.25) is 0 Å². The zero-order valence-electron chi connectivity index (χ0n) is 14.5. The number of pyridine rings is 2. The van der Waals surface area contributed by atoms with Crippen LogP contribution in [0.5, 0.6) is 0 Å². The molecule has 0 radical (unpaired) electrons. The predicted molar refractivity (Wildman–Crippen MR) is 99.6 cm³/mol. The zero-order valence-corrected chi connectivity index (χ0v) is 14.5. The van der Waals surface area contributed by atoms with Gasteiger partial charge in [0.1, 0.15) is 5.82 Å². The average molecular weight is 347 g/mol. The monoisotopic (exact) mass is 347 g/mol. The lowest BCUT2D eigenvalue weighted by Gasteiger charge is -2.32. The third-order valence-electron chi connectivity index (χ3n) is 4.74. The summed E-state index contributed by atoms with van der Waals surface area (Å²) in [5.74, 6) is 0.997. The number of H-pyrrole nitrogens is 1. The van der Waals surface area contributed by atoms with Crippen molar-refractivity contribution in [2.45, 2.75) is 25.3 Å². The van der Waals surface area contributed by atoms with Gasteiger partial charge in [0.25, 0.3) is 5.56 Å². The Balaban J connectivity index is 1.55. The van der Waals surface area contributed by atoms with E-state index in [-0.39, 0.29) is 11.5 Å². The topological polar surface area (TPSA) is 74.8 Å². The highest BCUT2D eigenvalue weighted by atomic mass is 16.1. The van der Waals surface area contributed by atoms with Gasteiger partial charge >= 0.3 is 0 Å². The standard InChI is InChI=1S/C20H21N5O/c26-19-12-18(15-6-9-21-10-7-15)23-20(24-19)16-4-3-11-25(13-16)14-17-5-1-2-8-22-17/h1-2,5-10,12,16H,3-4,11,13-14H2,(H,23,24,26). The van der Waals surface area contributed by atoms with Crippen LogP contribution in [0.4, 0.5) is 0 Å². The van der Waals surface area contributed by atoms with Gasteiger partial charge in [-0.2, -0.15) is 0 Å². The molecule has 1 N–H and O–H groups in total. The van der Waals surface area contributed by atoms with Crippen LogP contribution in [-0.2, 0) is 6.54 Å². The van der Waals surface area contributed by atoms with Crippen molar-refractivity contribution in [2.24, 2.45) is 0 Å². The molecule has 4 heterocycles. The molecule has 4 rings (SSSR count). The van der Waals surface area contributed by atoms with E-state index in [1.54, 1.807) is 18.5 Å². The van der Waals surface area contributed by atoms with Gasteiger partial charge in [-0.1, -0.05) is 6.07 Å². The number of hydrogen-bond acceptors (Lipinski definition) is 5. The van der Waals surface area contributed by atoms with Gasteiger partial charge in [-0.3, -0.25) is 19.7 Å². The van der Waals surface area contributed by atoms with Gasteiger partial charge in [-0.15, -0.1) is 0 Å². The number of hydrogen-bond donors (Lipinski definition) is 1. The smallest absolute Gasteiger partial charge is 0.251 e. The lowest BCUT2D eigenvalue weighted by atomic mass is 9.96. The van der Waals surface area contributed by atoms with E-state index in [9.17, 15) is 4.79 Å². The molecule has 0 amide bonds. The first-order valence-corrected chi connectivity index (χ1v) is 8.92. The fourth-order valence-corrected chi connectivity index (χ4v) is 3.48. The van der Waals surface area contributed by atoms with Gasteiger partial charge in [0.15, 0.2) is 0 Å². The van der Waals surface area contributed by atoms with Gasteiger partial charge in [-0.05, 0) is 43.7 Å². The first kappa shape index (κ1) is 16.6. The quantitative estimate of drug-likeness (QED) is 0.785. The Labute approximate surface area is 152 Å². The zero-order chi connectivity index (χ0) is 17.8. The SMILES string of the molecule is O=c1cc(-c2ccncc2)nc(C2CCCN(Cc3ccccn3)C2)[nH]1. The summed E-state index contributed by atoms with van der Waals surface area (Å²) < 4.78 is 0. The van der Waals surface area contributed by atoms with Gasteiger partial charge in [-0.25, -0.2) is 4.98 Å². The van der Waals surface area contributed by atoms with Crippen LogP contribution in [0.25, 0.3) is 11.3 Å². The van der Waals surface area contributed by atoms with Crippen LogP contribution in [0.15, 0.2) is 59.8 Å². The number of nitrogens with zero attached hydrogens (tertiary/aromatic N) is 4. The molecule has 1 fully saturated rings. The van der Waals surface area contributed by atoms with Crippen molar-refractivity contribution in [1.82, 2.24) is 24.8 Å². The van der Waals surface area contributed by atoms with E-state index in [0.29, 0.717) is 5.69 Å². The second-order valence-electron chi connectivity index (χ2n) is 6.65. The highest BCUT2D eigenvalue weighted by Crippen LogP contribution is 2.26. The molecule has 26 heavy (non-hydrogen) atoms. The third kappa shape index (κ3) is 3.86. The normalized spacial score (nSPS) is 17.9. The number of piperidine rings is 1. The second-order valence-corrected chi connectivity index (χ2v) is 6.65. The van der Waals surface area contributed by atoms with Crippen LogP contribution in [0.3, 0.4) is 0 Å². The minimum atomic E-state index is -0.108. The highest BCUT2D eigenvalue weighted by Gasteiger charge is 2.24. The Bertz CT molecular complexity index is 910. The van der Waals surface area contributed by atoms with Crippen molar-refractivity contribution in [3.8, 4) is 11.3 Å². The van der Waals surface area contributed by atoms with Crippen LogP contribution in [0.1, 0.15) is 30.3 Å². The van der Waals surface area contributed by atoms with Crippen LogP contribution in [0, 0.1) is 0 Å². The van der Waals surface area contributed by atoms with E-state index in [2.05, 4.69) is 19.9 Å². The van der Waals surface area contributed by atoms with Gasteiger partial charge in [0, 0.05) is 49.2 Å². The van der Waals surface area contributed by atoms with Crippen LogP contribution >= 0.6 is 0 Å². The molecule has 1 saturated heterocycles. The fraction of sp³-hybridized carbons (Fsp3) is 0.300. The average Bonchev–Trinajstić information content (AvgIpc) is 2.69. The summed E-state index contributed by atoms with van der Waals surface area (Å²) in [6.45, 7) is 2.74. The van der Waals surface area contributed by atoms with E-state index in [0.717, 1.165) is 49.6 Å². The van der Waals surface area contributed by atoms with Crippen molar-refractivity contribution in [3.63, 3.8) is 0 Å². The minimum Gasteiger partial charge on any atom is -0.310 e. The Kier molecular flexibility index (Phi) is 4.84. The Morgan fingerprint density at radius 3 is 2.85 bits per heavy atom. The molecule has 0 bridgehead atoms. The van der Waals surface area contributed by atoms with E-state index in [4.69, 9.17) is 4.98 Å². The molecule has 0 saturated carbocycles. The summed E-state index contributed by atoms with van der Waals surface area (Å²) in [6, 6.07) is 11.3. The maximum atomic E-state index is 12.2. The van der Waals surface area contributed by atoms with Gasteiger partial charge < -0.3 is 4.98 Å². The Morgan fingerprint density at radius 1 is 1.15 bits per heavy atom. The lowest BCUT2D eigenvalue weighted by Crippen LogP contribution is -2.35. The first-order chi connectivity index (χ1) is 12.8. The molecule has 1 atom stereocenters. The predicted octanol–water partition coefficient (Wildman–Crippen LogP) is 2.61. The molecule has 3 aromatic heterocycles. The molecule has 1 aliphatic rings. The molecule has 1 unspecified atom stereocenters. The molecular formula is C20H21N5O. The number of nitrogens with one attached hydrogen (secondary N) is 1. The van der Waals surface area contributed by atoms with Crippen LogP contribution < -0.4 is 5.56 Å². The van der Waals surface area contributed by atoms with Crippen LogP contribution in [0.2, 0.25) is 0 Å². The molecule has 132 valence electrons. The summed E-state index contributed by atoms with van der Waals surface area (Å²) in [6.07, 6.45) is 7.37. The summed E-state index contributed by atoms with van der Waals surface area (Å²) in [5, 5.41) is 0. The molecule has 3 aromatic rings. The summed E-state index contributed by atoms with van der Waals surface area (Å²) in [7, 11) is 0. The maximum absolute atomic E-state index is 12.2. The van der Waals surface area contributed by atoms with E-state index in [1.807, 2.05) is 36.5 Å². The number of aromatic amines is 1. The van der Waals surface area contributed by atoms with Crippen molar-refractivity contribution < 1.29 is 0 Å². The maximum Gasteiger partial charge on any atom is 0.251 e. The van der Waals surface area contributed by atoms with Crippen molar-refractivity contribution in [1.29, 1.82) is 0 Å². The summed E-state index contributed by atoms with van der Waals surface area (Å²) in [5.41, 5.74) is 2.57. The molecule has 0 aromatic carbocycles. The Hall–Kier alpha value is -2.86. The largest absolute Gasteiger partial charge is 0.310 e. The second kappa shape index (κ2) is 7.58. The highest BCUT2D eigenvalue weighted by molar-refractivity contribution is 5.57. The van der Waals surface area contributed by atoms with Crippen molar-refractivity contribution in [3.05, 3.63) is 76.9 Å². The molecule has 0 aliphatic carbocycles. The Morgan fingerprint density at radius 2 is 2.04 bits per heavy atom. The van der Waals surface area contributed by atoms with E-state index in [1.165, 1.54) is 0 Å². The minimum absolute atomic E-state index is 0.108. The summed E-state index contributed by atoms with van der Waals surface area (Å²) >= 11 is 0. The lowest BCUT2D eigenvalue weighted by molar-refractivity contribution is 0.194. The van der Waals surface area contributed by atoms with E-state index >= 15 is 0 Å². The number of aromatic nitrogens is 4. The molecule has 0 spiro atoms. The first-order valence-electron chi connectivity index (χ1n) is 8.92. The number of likely N-dealkylation sites (tertiary alicyclic amines) is 1. The summed E-state index contributed by atoms with van der Waals surface area (Å²) in [4.78, 5) is 30.7. The van der Waals surface area contributed by atoms with E-state index < -0.39 is 0 Å².